The molecule has 0 spiro atoms. The predicted molar refractivity (Wildman–Crippen MR) is 101 cm³/mol. The number of nitrogens with one attached hydrogen (secondary N) is 1. The van der Waals surface area contributed by atoms with E-state index in [1.165, 1.54) is 4.90 Å². The van der Waals surface area contributed by atoms with Gasteiger partial charge in [0.2, 0.25) is 0 Å². The lowest BCUT2D eigenvalue weighted by Gasteiger charge is -2.36. The van der Waals surface area contributed by atoms with Crippen molar-refractivity contribution in [1.82, 2.24) is 20.0 Å². The minimum Gasteiger partial charge on any atom is -0.395 e. The van der Waals surface area contributed by atoms with Gasteiger partial charge in [0, 0.05) is 37.7 Å². The summed E-state index contributed by atoms with van der Waals surface area (Å²) in [5, 5.41) is 12.7. The summed E-state index contributed by atoms with van der Waals surface area (Å²) in [7, 11) is 0. The van der Waals surface area contributed by atoms with Crippen molar-refractivity contribution in [3.8, 4) is 0 Å². The van der Waals surface area contributed by atoms with Crippen molar-refractivity contribution in [2.24, 2.45) is 5.92 Å². The van der Waals surface area contributed by atoms with Gasteiger partial charge in [-0.15, -0.1) is 0 Å². The molecule has 7 nitrogen and oxygen atoms in total. The summed E-state index contributed by atoms with van der Waals surface area (Å²) < 4.78 is 0. The summed E-state index contributed by atoms with van der Waals surface area (Å²) in [4.78, 5) is 31.8. The van der Waals surface area contributed by atoms with Gasteiger partial charge in [-0.3, -0.25) is 14.6 Å². The van der Waals surface area contributed by atoms with E-state index in [2.05, 4.69) is 15.1 Å². The molecule has 27 heavy (non-hydrogen) atoms. The summed E-state index contributed by atoms with van der Waals surface area (Å²) in [5.74, 6) is -0.0170. The van der Waals surface area contributed by atoms with Crippen LogP contribution in [-0.4, -0.2) is 77.7 Å². The molecule has 8 heteroatoms. The first-order valence-electron chi connectivity index (χ1n) is 9.50. The zero-order valence-corrected chi connectivity index (χ0v) is 16.0. The van der Waals surface area contributed by atoms with Crippen LogP contribution in [0.25, 0.3) is 0 Å². The lowest BCUT2D eigenvalue weighted by Crippen LogP contribution is -2.52. The fourth-order valence-corrected chi connectivity index (χ4v) is 4.28. The number of halogens is 1. The predicted octanol–water partition coefficient (Wildman–Crippen LogP) is 1.06. The van der Waals surface area contributed by atoms with Crippen LogP contribution >= 0.6 is 11.6 Å². The number of imide groups is 1. The number of aliphatic hydroxyl groups is 1. The van der Waals surface area contributed by atoms with Gasteiger partial charge >= 0.3 is 6.03 Å². The molecule has 2 saturated heterocycles. The van der Waals surface area contributed by atoms with E-state index >= 15 is 0 Å². The van der Waals surface area contributed by atoms with Crippen LogP contribution in [0.1, 0.15) is 18.4 Å². The van der Waals surface area contributed by atoms with E-state index in [-0.39, 0.29) is 24.5 Å². The van der Waals surface area contributed by atoms with Gasteiger partial charge < -0.3 is 10.4 Å². The topological polar surface area (TPSA) is 76.1 Å². The molecular weight excluding hydrogens is 368 g/mol. The van der Waals surface area contributed by atoms with Gasteiger partial charge in [-0.2, -0.15) is 0 Å². The van der Waals surface area contributed by atoms with Crippen molar-refractivity contribution in [3.05, 3.63) is 34.9 Å². The largest absolute Gasteiger partial charge is 0.395 e. The molecule has 1 atom stereocenters. The summed E-state index contributed by atoms with van der Waals surface area (Å²) in [6.07, 6.45) is 1.87. The zero-order valence-electron chi connectivity index (χ0n) is 15.2. The highest BCUT2D eigenvalue weighted by molar-refractivity contribution is 6.30. The summed E-state index contributed by atoms with van der Waals surface area (Å²) in [6.45, 7) is 4.32. The smallest absolute Gasteiger partial charge is 0.326 e. The standard InChI is InChI=1S/C19H25ClN4O3/c20-16-5-3-15(4-6-16)19(14-1-2-14)17(26)24(18(27)21-19)13-23-9-7-22(8-10-23)11-12-25/h3-6,14,25H,1-2,7-13H2,(H,21,27). The Balaban J connectivity index is 1.50. The van der Waals surface area contributed by atoms with Crippen LogP contribution in [0.2, 0.25) is 5.02 Å². The Morgan fingerprint density at radius 2 is 1.70 bits per heavy atom. The molecule has 1 aromatic carbocycles. The molecule has 0 radical (unpaired) electrons. The Kier molecular flexibility index (Phi) is 5.11. The molecule has 1 aliphatic carbocycles. The number of nitrogens with zero attached hydrogens (tertiary/aromatic N) is 3. The third kappa shape index (κ3) is 3.45. The quantitative estimate of drug-likeness (QED) is 0.708. The van der Waals surface area contributed by atoms with E-state index in [1.54, 1.807) is 12.1 Å². The second kappa shape index (κ2) is 7.39. The number of aliphatic hydroxyl groups excluding tert-OH is 1. The highest BCUT2D eigenvalue weighted by atomic mass is 35.5. The Hall–Kier alpha value is -1.67. The number of carbonyl (C=O) groups is 2. The van der Waals surface area contributed by atoms with E-state index in [9.17, 15) is 9.59 Å². The molecular formula is C19H25ClN4O3. The first kappa shape index (κ1) is 18.7. The molecule has 0 aromatic heterocycles. The summed E-state index contributed by atoms with van der Waals surface area (Å²) in [6, 6.07) is 6.90. The lowest BCUT2D eigenvalue weighted by atomic mass is 9.85. The van der Waals surface area contributed by atoms with Crippen LogP contribution in [0, 0.1) is 5.92 Å². The van der Waals surface area contributed by atoms with Crippen LogP contribution in [0.4, 0.5) is 4.79 Å². The van der Waals surface area contributed by atoms with Crippen molar-refractivity contribution >= 4 is 23.5 Å². The molecule has 2 heterocycles. The third-order valence-corrected chi connectivity index (χ3v) is 6.10. The minimum atomic E-state index is -0.958. The van der Waals surface area contributed by atoms with Crippen molar-refractivity contribution < 1.29 is 14.7 Å². The second-order valence-electron chi connectivity index (χ2n) is 7.58. The molecule has 2 aliphatic heterocycles. The third-order valence-electron chi connectivity index (χ3n) is 5.84. The van der Waals surface area contributed by atoms with Crippen LogP contribution in [0.5, 0.6) is 0 Å². The molecule has 1 unspecified atom stereocenters. The van der Waals surface area contributed by atoms with E-state index in [0.29, 0.717) is 18.2 Å². The number of hydrogen-bond donors (Lipinski definition) is 2. The second-order valence-corrected chi connectivity index (χ2v) is 8.01. The fraction of sp³-hybridized carbons (Fsp3) is 0.579. The molecule has 3 aliphatic rings. The van der Waals surface area contributed by atoms with E-state index in [1.807, 2.05) is 12.1 Å². The normalized spacial score (nSPS) is 27.3. The molecule has 1 saturated carbocycles. The lowest BCUT2D eigenvalue weighted by molar-refractivity contribution is -0.134. The SMILES string of the molecule is O=C1NC(c2ccc(Cl)cc2)(C2CC2)C(=O)N1CN1CCN(CCO)CC1. The molecule has 4 rings (SSSR count). The van der Waals surface area contributed by atoms with Crippen LogP contribution in [0.3, 0.4) is 0 Å². The molecule has 1 aromatic rings. The van der Waals surface area contributed by atoms with Gasteiger partial charge in [0.1, 0.15) is 5.54 Å². The van der Waals surface area contributed by atoms with Gasteiger partial charge in [0.05, 0.1) is 13.3 Å². The number of rotatable bonds is 6. The monoisotopic (exact) mass is 392 g/mol. The number of benzene rings is 1. The average Bonchev–Trinajstić information content (AvgIpc) is 3.48. The highest BCUT2D eigenvalue weighted by Crippen LogP contribution is 2.49. The first-order chi connectivity index (χ1) is 13.0. The number of β-amino-alcohol motifs (C(OH)–C–C–N with tert-alkyl or cyclic N) is 1. The Bertz CT molecular complexity index is 716. The maximum atomic E-state index is 13.4. The maximum absolute atomic E-state index is 13.4. The van der Waals surface area contributed by atoms with Gasteiger partial charge in [0.15, 0.2) is 0 Å². The first-order valence-corrected chi connectivity index (χ1v) is 9.88. The maximum Gasteiger partial charge on any atom is 0.326 e. The number of piperazine rings is 1. The zero-order chi connectivity index (χ0) is 19.0. The summed E-state index contributed by atoms with van der Waals surface area (Å²) >= 11 is 6.01. The van der Waals surface area contributed by atoms with Gasteiger partial charge in [-0.1, -0.05) is 23.7 Å². The highest BCUT2D eigenvalue weighted by Gasteiger charge is 2.60. The number of carbonyl (C=O) groups excluding carboxylic acids is 2. The van der Waals surface area contributed by atoms with E-state index < -0.39 is 5.54 Å². The Morgan fingerprint density at radius 3 is 2.30 bits per heavy atom. The van der Waals surface area contributed by atoms with Crippen molar-refractivity contribution in [2.75, 3.05) is 46.0 Å². The van der Waals surface area contributed by atoms with Gasteiger partial charge in [0.25, 0.3) is 5.91 Å². The van der Waals surface area contributed by atoms with Gasteiger partial charge in [-0.05, 0) is 36.5 Å². The van der Waals surface area contributed by atoms with E-state index in [0.717, 1.165) is 44.6 Å². The van der Waals surface area contributed by atoms with Crippen LogP contribution in [0.15, 0.2) is 24.3 Å². The van der Waals surface area contributed by atoms with Crippen LogP contribution in [-0.2, 0) is 10.3 Å². The molecule has 3 fully saturated rings. The summed E-state index contributed by atoms with van der Waals surface area (Å²) in [5.41, 5.74) is -0.150. The Morgan fingerprint density at radius 1 is 1.07 bits per heavy atom. The van der Waals surface area contributed by atoms with Crippen LogP contribution < -0.4 is 5.32 Å². The molecule has 3 amide bonds. The van der Waals surface area contributed by atoms with Gasteiger partial charge in [-0.25, -0.2) is 9.69 Å². The number of urea groups is 1. The fourth-order valence-electron chi connectivity index (χ4n) is 4.16. The van der Waals surface area contributed by atoms with Crippen molar-refractivity contribution in [2.45, 2.75) is 18.4 Å². The Labute approximate surface area is 163 Å². The van der Waals surface area contributed by atoms with E-state index in [4.69, 9.17) is 16.7 Å². The van der Waals surface area contributed by atoms with Crippen molar-refractivity contribution in [3.63, 3.8) is 0 Å². The molecule has 0 bridgehead atoms. The number of hydrogen-bond acceptors (Lipinski definition) is 5. The average molecular weight is 393 g/mol. The number of amides is 3. The van der Waals surface area contributed by atoms with Crippen molar-refractivity contribution in [1.29, 1.82) is 0 Å². The molecule has 2 N–H and O–H groups in total. The molecule has 146 valence electrons. The minimum absolute atomic E-state index is 0.140.